The van der Waals surface area contributed by atoms with Crippen LogP contribution < -0.4 is 10.9 Å². The fourth-order valence-corrected chi connectivity index (χ4v) is 4.19. The molecule has 0 bridgehead atoms. The van der Waals surface area contributed by atoms with Crippen LogP contribution in [-0.2, 0) is 0 Å². The lowest BCUT2D eigenvalue weighted by atomic mass is 9.91. The lowest BCUT2D eigenvalue weighted by Gasteiger charge is -2.30. The van der Waals surface area contributed by atoms with E-state index in [1.807, 2.05) is 11.4 Å². The van der Waals surface area contributed by atoms with Crippen molar-refractivity contribution in [3.05, 3.63) is 44.8 Å². The van der Waals surface area contributed by atoms with Gasteiger partial charge in [0.2, 0.25) is 0 Å². The molecule has 0 amide bonds. The van der Waals surface area contributed by atoms with Gasteiger partial charge in [-0.3, -0.25) is 4.79 Å². The van der Waals surface area contributed by atoms with Gasteiger partial charge in [0.25, 0.3) is 5.56 Å². The zero-order valence-corrected chi connectivity index (χ0v) is 15.0. The standard InChI is InChI=1S/C18H24N4O2S/c23-17(16-10-25-11-20-16)9-19-13-3-5-14(6-4-13)22-18(24)8-7-15(21-22)12-1-2-12/h7-8,10-14,17,19,23H,1-6,9H2. The summed E-state index contributed by atoms with van der Waals surface area (Å²) in [6, 6.07) is 4.15. The lowest BCUT2D eigenvalue weighted by molar-refractivity contribution is 0.158. The smallest absolute Gasteiger partial charge is 0.267 e. The van der Waals surface area contributed by atoms with Gasteiger partial charge in [-0.15, -0.1) is 11.3 Å². The SMILES string of the molecule is O=c1ccc(C2CC2)nn1C1CCC(NCC(O)c2cscn2)CC1. The minimum atomic E-state index is -0.552. The molecule has 0 saturated heterocycles. The van der Waals surface area contributed by atoms with Crippen LogP contribution in [0.2, 0.25) is 0 Å². The normalized spacial score (nSPS) is 25.0. The van der Waals surface area contributed by atoms with Crippen LogP contribution in [0.5, 0.6) is 0 Å². The fraction of sp³-hybridized carbons (Fsp3) is 0.611. The predicted molar refractivity (Wildman–Crippen MR) is 96.8 cm³/mol. The summed E-state index contributed by atoms with van der Waals surface area (Å²) >= 11 is 1.50. The Labute approximate surface area is 150 Å². The molecule has 7 heteroatoms. The first kappa shape index (κ1) is 16.9. The largest absolute Gasteiger partial charge is 0.385 e. The van der Waals surface area contributed by atoms with E-state index in [-0.39, 0.29) is 11.6 Å². The molecule has 134 valence electrons. The summed E-state index contributed by atoms with van der Waals surface area (Å²) in [6.45, 7) is 0.522. The summed E-state index contributed by atoms with van der Waals surface area (Å²) in [6.07, 6.45) is 5.74. The molecule has 6 nitrogen and oxygen atoms in total. The molecule has 2 aliphatic rings. The Bertz CT molecular complexity index is 749. The highest BCUT2D eigenvalue weighted by Gasteiger charge is 2.28. The highest BCUT2D eigenvalue weighted by Crippen LogP contribution is 2.38. The van der Waals surface area contributed by atoms with E-state index < -0.39 is 6.10 Å². The van der Waals surface area contributed by atoms with Gasteiger partial charge in [-0.25, -0.2) is 9.67 Å². The van der Waals surface area contributed by atoms with Crippen molar-refractivity contribution >= 4 is 11.3 Å². The van der Waals surface area contributed by atoms with Crippen molar-refractivity contribution in [3.63, 3.8) is 0 Å². The first-order valence-electron chi connectivity index (χ1n) is 9.10. The monoisotopic (exact) mass is 360 g/mol. The highest BCUT2D eigenvalue weighted by atomic mass is 32.1. The van der Waals surface area contributed by atoms with Crippen molar-refractivity contribution < 1.29 is 5.11 Å². The number of aliphatic hydroxyl groups is 1. The quantitative estimate of drug-likeness (QED) is 0.827. The van der Waals surface area contributed by atoms with Crippen LogP contribution in [0.1, 0.15) is 68.0 Å². The van der Waals surface area contributed by atoms with Gasteiger partial charge in [-0.1, -0.05) is 0 Å². The Morgan fingerprint density at radius 2 is 2.04 bits per heavy atom. The average Bonchev–Trinajstić information content (AvgIpc) is 3.34. The minimum Gasteiger partial charge on any atom is -0.385 e. The van der Waals surface area contributed by atoms with E-state index in [2.05, 4.69) is 15.4 Å². The van der Waals surface area contributed by atoms with E-state index in [0.717, 1.165) is 37.1 Å². The maximum Gasteiger partial charge on any atom is 0.267 e. The Morgan fingerprint density at radius 3 is 2.72 bits per heavy atom. The molecule has 2 saturated carbocycles. The molecule has 1 unspecified atom stereocenters. The van der Waals surface area contributed by atoms with Gasteiger partial charge in [-0.05, 0) is 44.6 Å². The highest BCUT2D eigenvalue weighted by molar-refractivity contribution is 7.07. The van der Waals surface area contributed by atoms with Crippen LogP contribution in [0.15, 0.2) is 27.8 Å². The maximum atomic E-state index is 12.2. The van der Waals surface area contributed by atoms with Crippen LogP contribution >= 0.6 is 11.3 Å². The lowest BCUT2D eigenvalue weighted by Crippen LogP contribution is -2.38. The molecule has 2 fully saturated rings. The number of thiazole rings is 1. The molecule has 25 heavy (non-hydrogen) atoms. The van der Waals surface area contributed by atoms with E-state index in [1.54, 1.807) is 16.3 Å². The molecular weight excluding hydrogens is 336 g/mol. The van der Waals surface area contributed by atoms with Gasteiger partial charge in [0.05, 0.1) is 22.9 Å². The molecule has 1 atom stereocenters. The van der Waals surface area contributed by atoms with Gasteiger partial charge in [-0.2, -0.15) is 5.10 Å². The number of nitrogens with zero attached hydrogens (tertiary/aromatic N) is 3. The topological polar surface area (TPSA) is 80.0 Å². The summed E-state index contributed by atoms with van der Waals surface area (Å²) in [7, 11) is 0. The van der Waals surface area contributed by atoms with Crippen molar-refractivity contribution in [2.45, 2.75) is 62.6 Å². The van der Waals surface area contributed by atoms with Crippen molar-refractivity contribution in [3.8, 4) is 0 Å². The van der Waals surface area contributed by atoms with Gasteiger partial charge < -0.3 is 10.4 Å². The second kappa shape index (κ2) is 7.35. The number of rotatable bonds is 6. The molecule has 2 N–H and O–H groups in total. The third-order valence-electron chi connectivity index (χ3n) is 5.28. The van der Waals surface area contributed by atoms with Crippen LogP contribution in [0.25, 0.3) is 0 Å². The second-order valence-corrected chi connectivity index (χ2v) is 7.88. The zero-order valence-electron chi connectivity index (χ0n) is 14.2. The summed E-state index contributed by atoms with van der Waals surface area (Å²) < 4.78 is 1.72. The van der Waals surface area contributed by atoms with E-state index in [0.29, 0.717) is 18.5 Å². The molecule has 0 aliphatic heterocycles. The Morgan fingerprint density at radius 1 is 1.24 bits per heavy atom. The fourth-order valence-electron chi connectivity index (χ4n) is 3.59. The first-order chi connectivity index (χ1) is 12.2. The molecule has 4 rings (SSSR count). The molecule has 2 aromatic rings. The molecule has 0 spiro atoms. The summed E-state index contributed by atoms with van der Waals surface area (Å²) in [5, 5.41) is 20.1. The average molecular weight is 360 g/mol. The van der Waals surface area contributed by atoms with Crippen LogP contribution in [0.3, 0.4) is 0 Å². The summed E-state index contributed by atoms with van der Waals surface area (Å²) in [5.41, 5.74) is 3.56. The number of hydrogen-bond acceptors (Lipinski definition) is 6. The number of hydrogen-bond donors (Lipinski definition) is 2. The third-order valence-corrected chi connectivity index (χ3v) is 5.88. The molecular formula is C18H24N4O2S. The molecule has 0 radical (unpaired) electrons. The van der Waals surface area contributed by atoms with E-state index in [4.69, 9.17) is 0 Å². The number of nitrogens with one attached hydrogen (secondary N) is 1. The first-order valence-corrected chi connectivity index (χ1v) is 10.0. The summed E-state index contributed by atoms with van der Waals surface area (Å²) in [4.78, 5) is 16.3. The van der Waals surface area contributed by atoms with Crippen LogP contribution in [-0.4, -0.2) is 32.5 Å². The van der Waals surface area contributed by atoms with E-state index >= 15 is 0 Å². The van der Waals surface area contributed by atoms with Gasteiger partial charge in [0, 0.05) is 30.0 Å². The van der Waals surface area contributed by atoms with Crippen LogP contribution in [0.4, 0.5) is 0 Å². The zero-order chi connectivity index (χ0) is 17.2. The molecule has 2 heterocycles. The molecule has 2 aliphatic carbocycles. The third kappa shape index (κ3) is 3.99. The van der Waals surface area contributed by atoms with Crippen molar-refractivity contribution in [1.29, 1.82) is 0 Å². The summed E-state index contributed by atoms with van der Waals surface area (Å²) in [5.74, 6) is 0.567. The van der Waals surface area contributed by atoms with Crippen molar-refractivity contribution in [2.24, 2.45) is 0 Å². The number of aromatic nitrogens is 3. The maximum absolute atomic E-state index is 12.2. The predicted octanol–water partition coefficient (Wildman–Crippen LogP) is 2.38. The Kier molecular flexibility index (Phi) is 4.96. The number of aliphatic hydroxyl groups excluding tert-OH is 1. The van der Waals surface area contributed by atoms with Gasteiger partial charge in [0.15, 0.2) is 0 Å². The van der Waals surface area contributed by atoms with E-state index in [9.17, 15) is 9.90 Å². The van der Waals surface area contributed by atoms with Gasteiger partial charge >= 0.3 is 0 Å². The van der Waals surface area contributed by atoms with Crippen molar-refractivity contribution in [2.75, 3.05) is 6.54 Å². The van der Waals surface area contributed by atoms with Gasteiger partial charge in [0.1, 0.15) is 6.10 Å². The molecule has 0 aromatic carbocycles. The van der Waals surface area contributed by atoms with Crippen molar-refractivity contribution in [1.82, 2.24) is 20.1 Å². The van der Waals surface area contributed by atoms with Crippen LogP contribution in [0, 0.1) is 0 Å². The second-order valence-electron chi connectivity index (χ2n) is 7.16. The Hall–Kier alpha value is -1.57. The van der Waals surface area contributed by atoms with E-state index in [1.165, 1.54) is 24.2 Å². The Balaban J connectivity index is 1.31. The molecule has 2 aromatic heterocycles. The minimum absolute atomic E-state index is 0.0137.